The van der Waals surface area contributed by atoms with E-state index in [4.69, 9.17) is 0 Å². The second-order valence-electron chi connectivity index (χ2n) is 6.70. The van der Waals surface area contributed by atoms with Gasteiger partial charge in [0, 0.05) is 6.54 Å². The standard InChI is InChI=1S/C20H27N3O3S/c1-5-15-10-12-16(13-11-15)19(23(2)3)14-21-20(24)17-8-6-7-9-18(17)22-27(4,25)26/h6-13,19,22H,5,14H2,1-4H3,(H,21,24). The Morgan fingerprint density at radius 2 is 1.70 bits per heavy atom. The van der Waals surface area contributed by atoms with Gasteiger partial charge in [-0.2, -0.15) is 0 Å². The highest BCUT2D eigenvalue weighted by Gasteiger charge is 2.18. The van der Waals surface area contributed by atoms with Gasteiger partial charge < -0.3 is 10.2 Å². The fraction of sp³-hybridized carbons (Fsp3) is 0.350. The van der Waals surface area contributed by atoms with E-state index in [1.54, 1.807) is 24.3 Å². The van der Waals surface area contributed by atoms with Crippen molar-refractivity contribution in [2.75, 3.05) is 31.6 Å². The summed E-state index contributed by atoms with van der Waals surface area (Å²) in [4.78, 5) is 14.7. The molecule has 1 unspecified atom stereocenters. The lowest BCUT2D eigenvalue weighted by Crippen LogP contribution is -2.35. The van der Waals surface area contributed by atoms with Crippen LogP contribution in [-0.4, -0.2) is 46.1 Å². The lowest BCUT2D eigenvalue weighted by atomic mass is 10.0. The lowest BCUT2D eigenvalue weighted by Gasteiger charge is -2.25. The smallest absolute Gasteiger partial charge is 0.253 e. The Bertz CT molecular complexity index is 878. The van der Waals surface area contributed by atoms with Crippen molar-refractivity contribution in [2.24, 2.45) is 0 Å². The molecule has 1 amide bonds. The van der Waals surface area contributed by atoms with Crippen molar-refractivity contribution in [3.05, 3.63) is 65.2 Å². The number of benzene rings is 2. The fourth-order valence-electron chi connectivity index (χ4n) is 2.83. The molecule has 2 N–H and O–H groups in total. The van der Waals surface area contributed by atoms with Crippen LogP contribution in [0.3, 0.4) is 0 Å². The number of carbonyl (C=O) groups excluding carboxylic acids is 1. The van der Waals surface area contributed by atoms with Gasteiger partial charge in [-0.15, -0.1) is 0 Å². The number of hydrogen-bond acceptors (Lipinski definition) is 4. The van der Waals surface area contributed by atoms with E-state index in [0.29, 0.717) is 12.1 Å². The van der Waals surface area contributed by atoms with E-state index in [1.807, 2.05) is 19.0 Å². The van der Waals surface area contributed by atoms with Crippen molar-refractivity contribution in [1.82, 2.24) is 10.2 Å². The molecule has 1 atom stereocenters. The average Bonchev–Trinajstić information content (AvgIpc) is 2.61. The monoisotopic (exact) mass is 389 g/mol. The number of amides is 1. The number of aryl methyl sites for hydroxylation is 1. The minimum absolute atomic E-state index is 0.00915. The average molecular weight is 390 g/mol. The Morgan fingerprint density at radius 1 is 1.07 bits per heavy atom. The highest BCUT2D eigenvalue weighted by Crippen LogP contribution is 2.20. The summed E-state index contributed by atoms with van der Waals surface area (Å²) in [5.41, 5.74) is 2.94. The summed E-state index contributed by atoms with van der Waals surface area (Å²) >= 11 is 0. The molecule has 0 bridgehead atoms. The Kier molecular flexibility index (Phi) is 6.98. The van der Waals surface area contributed by atoms with E-state index in [9.17, 15) is 13.2 Å². The van der Waals surface area contributed by atoms with E-state index < -0.39 is 10.0 Å². The summed E-state index contributed by atoms with van der Waals surface area (Å²) in [6.45, 7) is 2.52. The lowest BCUT2D eigenvalue weighted by molar-refractivity contribution is 0.0943. The van der Waals surface area contributed by atoms with Crippen molar-refractivity contribution in [2.45, 2.75) is 19.4 Å². The van der Waals surface area contributed by atoms with Crippen LogP contribution < -0.4 is 10.0 Å². The maximum absolute atomic E-state index is 12.6. The fourth-order valence-corrected chi connectivity index (χ4v) is 3.41. The van der Waals surface area contributed by atoms with Gasteiger partial charge in [-0.3, -0.25) is 9.52 Å². The zero-order chi connectivity index (χ0) is 20.0. The second-order valence-corrected chi connectivity index (χ2v) is 8.45. The Morgan fingerprint density at radius 3 is 2.26 bits per heavy atom. The first-order valence-electron chi connectivity index (χ1n) is 8.81. The highest BCUT2D eigenvalue weighted by molar-refractivity contribution is 7.92. The van der Waals surface area contributed by atoms with Crippen LogP contribution in [0.5, 0.6) is 0 Å². The van der Waals surface area contributed by atoms with Crippen LogP contribution in [0.25, 0.3) is 0 Å². The summed E-state index contributed by atoms with van der Waals surface area (Å²) in [6.07, 6.45) is 2.04. The molecule has 0 aliphatic heterocycles. The minimum atomic E-state index is -3.47. The minimum Gasteiger partial charge on any atom is -0.350 e. The Labute approximate surface area is 161 Å². The molecule has 0 heterocycles. The van der Waals surface area contributed by atoms with Gasteiger partial charge in [0.05, 0.1) is 23.5 Å². The molecule has 0 spiro atoms. The number of carbonyl (C=O) groups is 1. The van der Waals surface area contributed by atoms with Crippen LogP contribution in [0.1, 0.15) is 34.5 Å². The molecule has 0 radical (unpaired) electrons. The molecule has 2 aromatic carbocycles. The van der Waals surface area contributed by atoms with Gasteiger partial charge in [0.25, 0.3) is 5.91 Å². The summed E-state index contributed by atoms with van der Waals surface area (Å²) in [5.74, 6) is -0.321. The van der Waals surface area contributed by atoms with Crippen molar-refractivity contribution in [1.29, 1.82) is 0 Å². The van der Waals surface area contributed by atoms with Gasteiger partial charge in [0.1, 0.15) is 0 Å². The SMILES string of the molecule is CCc1ccc(C(CNC(=O)c2ccccc2NS(C)(=O)=O)N(C)C)cc1. The van der Waals surface area contributed by atoms with Gasteiger partial charge in [-0.25, -0.2) is 8.42 Å². The first kappa shape index (κ1) is 20.9. The number of rotatable bonds is 8. The first-order chi connectivity index (χ1) is 12.7. The molecule has 2 aromatic rings. The molecule has 0 saturated carbocycles. The van der Waals surface area contributed by atoms with Crippen LogP contribution in [0.2, 0.25) is 0 Å². The number of hydrogen-bond donors (Lipinski definition) is 2. The van der Waals surface area contributed by atoms with Gasteiger partial charge in [0.2, 0.25) is 10.0 Å². The van der Waals surface area contributed by atoms with Crippen molar-refractivity contribution in [3.8, 4) is 0 Å². The Balaban J connectivity index is 2.14. The van der Waals surface area contributed by atoms with Crippen LogP contribution in [0, 0.1) is 0 Å². The molecule has 7 heteroatoms. The van der Waals surface area contributed by atoms with Crippen LogP contribution >= 0.6 is 0 Å². The van der Waals surface area contributed by atoms with Gasteiger partial charge >= 0.3 is 0 Å². The molecular weight excluding hydrogens is 362 g/mol. The molecule has 146 valence electrons. The molecular formula is C20H27N3O3S. The van der Waals surface area contributed by atoms with E-state index in [2.05, 4.69) is 41.2 Å². The third-order valence-corrected chi connectivity index (χ3v) is 4.91. The maximum Gasteiger partial charge on any atom is 0.253 e. The van der Waals surface area contributed by atoms with E-state index in [0.717, 1.165) is 18.2 Å². The predicted molar refractivity (Wildman–Crippen MR) is 109 cm³/mol. The molecule has 0 saturated heterocycles. The van der Waals surface area contributed by atoms with Crippen LogP contribution in [-0.2, 0) is 16.4 Å². The van der Waals surface area contributed by atoms with Gasteiger partial charge in [-0.05, 0) is 43.8 Å². The largest absolute Gasteiger partial charge is 0.350 e. The first-order valence-corrected chi connectivity index (χ1v) is 10.7. The normalized spacial score (nSPS) is 12.6. The molecule has 6 nitrogen and oxygen atoms in total. The predicted octanol–water partition coefficient (Wildman–Crippen LogP) is 2.65. The molecule has 27 heavy (non-hydrogen) atoms. The number of nitrogens with one attached hydrogen (secondary N) is 2. The third kappa shape index (κ3) is 6.08. The quantitative estimate of drug-likeness (QED) is 0.728. The molecule has 2 rings (SSSR count). The topological polar surface area (TPSA) is 78.5 Å². The number of likely N-dealkylation sites (N-methyl/N-ethyl adjacent to an activating group) is 1. The van der Waals surface area contributed by atoms with Gasteiger partial charge in [0.15, 0.2) is 0 Å². The summed E-state index contributed by atoms with van der Waals surface area (Å²) in [5, 5.41) is 2.92. The maximum atomic E-state index is 12.6. The zero-order valence-corrected chi connectivity index (χ0v) is 17.0. The molecule has 0 aliphatic carbocycles. The number of para-hydroxylation sites is 1. The van der Waals surface area contributed by atoms with E-state index in [1.165, 1.54) is 5.56 Å². The second kappa shape index (κ2) is 9.01. The van der Waals surface area contributed by atoms with Crippen molar-refractivity contribution in [3.63, 3.8) is 0 Å². The molecule has 0 fully saturated rings. The third-order valence-electron chi connectivity index (χ3n) is 4.32. The highest BCUT2D eigenvalue weighted by atomic mass is 32.2. The summed E-state index contributed by atoms with van der Waals surface area (Å²) in [7, 11) is 0.458. The number of sulfonamides is 1. The summed E-state index contributed by atoms with van der Waals surface area (Å²) < 4.78 is 25.4. The van der Waals surface area contributed by atoms with Crippen LogP contribution in [0.4, 0.5) is 5.69 Å². The number of anilines is 1. The summed E-state index contributed by atoms with van der Waals surface area (Å²) in [6, 6.07) is 14.9. The molecule has 0 aliphatic rings. The van der Waals surface area contributed by atoms with E-state index >= 15 is 0 Å². The zero-order valence-electron chi connectivity index (χ0n) is 16.2. The van der Waals surface area contributed by atoms with Crippen molar-refractivity contribution >= 4 is 21.6 Å². The van der Waals surface area contributed by atoms with E-state index in [-0.39, 0.29) is 17.6 Å². The number of nitrogens with zero attached hydrogens (tertiary/aromatic N) is 1. The molecule has 0 aromatic heterocycles. The Hall–Kier alpha value is -2.38. The van der Waals surface area contributed by atoms with Crippen LogP contribution in [0.15, 0.2) is 48.5 Å². The van der Waals surface area contributed by atoms with Gasteiger partial charge in [-0.1, -0.05) is 43.3 Å². The van der Waals surface area contributed by atoms with Crippen molar-refractivity contribution < 1.29 is 13.2 Å².